The van der Waals surface area contributed by atoms with Crippen LogP contribution in [0.15, 0.2) is 64.2 Å². The molecule has 1 aliphatic heterocycles. The zero-order valence-corrected chi connectivity index (χ0v) is 36.4. The molecular weight excluding hydrogens is 804 g/mol. The van der Waals surface area contributed by atoms with E-state index in [9.17, 15) is 29.4 Å². The Morgan fingerprint density at radius 1 is 1.09 bits per heavy atom. The smallest absolute Gasteiger partial charge is 0.338 e. The van der Waals surface area contributed by atoms with Gasteiger partial charge in [0.25, 0.3) is 0 Å². The number of aliphatic hydroxyl groups excluding tert-OH is 1. The molecule has 12 nitrogen and oxygen atoms in total. The van der Waals surface area contributed by atoms with Gasteiger partial charge < -0.3 is 33.6 Å². The second-order valence-corrected chi connectivity index (χ2v) is 23.4. The molecule has 1 saturated heterocycles. The number of epoxide rings is 1. The van der Waals surface area contributed by atoms with Crippen LogP contribution in [0, 0.1) is 22.7 Å². The van der Waals surface area contributed by atoms with Crippen LogP contribution in [0.25, 0.3) is 0 Å². The number of carbonyl (C=O) groups is 5. The summed E-state index contributed by atoms with van der Waals surface area (Å²) in [5, 5.41) is 25.8. The van der Waals surface area contributed by atoms with Gasteiger partial charge in [-0.3, -0.25) is 14.4 Å². The highest BCUT2D eigenvalue weighted by molar-refractivity contribution is 9.11. The number of aldehydes is 1. The van der Waals surface area contributed by atoms with Crippen molar-refractivity contribution < 1.29 is 57.6 Å². The van der Waals surface area contributed by atoms with Crippen molar-refractivity contribution >= 4 is 54.0 Å². The molecule has 0 aromatic heterocycles. The Labute approximate surface area is 338 Å². The van der Waals surface area contributed by atoms with E-state index in [-0.39, 0.29) is 39.4 Å². The number of aliphatic hydroxyl groups is 2. The molecule has 9 atom stereocenters. The SMILES string of the molecule is COC(=O)/C=C\C(=C/C=O)CO[C@H]1C(=O)[C@]2(C)[C@@H](O[Si](C)(C)C(C)(C)C)CC[C@@]3(CO3)[C@H]2[C@H](OC(=O)c2ccccc2)[C@]2(O)[C@H](O)C(C(C)=O)=C(Br)[C@H]1C2(C)C. The number of rotatable bonds is 11. The van der Waals surface area contributed by atoms with Gasteiger partial charge in [-0.25, -0.2) is 9.59 Å². The minimum atomic E-state index is -2.65. The molecule has 1 aromatic carbocycles. The number of fused-ring (bicyclic) bond motifs is 4. The fraction of sp³-hybridized carbons (Fsp3) is 0.595. The van der Waals surface area contributed by atoms with Crippen molar-refractivity contribution in [2.45, 2.75) is 115 Å². The lowest BCUT2D eigenvalue weighted by Gasteiger charge is -2.64. The summed E-state index contributed by atoms with van der Waals surface area (Å²) >= 11 is 3.60. The first-order valence-electron chi connectivity index (χ1n) is 18.9. The molecule has 0 radical (unpaired) electrons. The summed E-state index contributed by atoms with van der Waals surface area (Å²) < 4.78 is 31.4. The first-order valence-corrected chi connectivity index (χ1v) is 22.6. The highest BCUT2D eigenvalue weighted by atomic mass is 79.9. The summed E-state index contributed by atoms with van der Waals surface area (Å²) in [7, 11) is -1.44. The molecule has 0 unspecified atom stereocenters. The minimum Gasteiger partial charge on any atom is -0.466 e. The Hall–Kier alpha value is -3.11. The molecule has 2 bridgehead atoms. The van der Waals surface area contributed by atoms with E-state index in [4.69, 9.17) is 23.4 Å². The quantitative estimate of drug-likeness (QED) is 0.0706. The van der Waals surface area contributed by atoms with Crippen LogP contribution in [-0.4, -0.2) is 104 Å². The van der Waals surface area contributed by atoms with Gasteiger partial charge in [-0.1, -0.05) is 68.7 Å². The largest absolute Gasteiger partial charge is 0.466 e. The van der Waals surface area contributed by atoms with Gasteiger partial charge in [0, 0.05) is 33.4 Å². The Balaban J connectivity index is 1.83. The lowest BCUT2D eigenvalue weighted by molar-refractivity contribution is -0.268. The van der Waals surface area contributed by atoms with E-state index in [2.05, 4.69) is 49.8 Å². The van der Waals surface area contributed by atoms with Crippen LogP contribution >= 0.6 is 15.9 Å². The number of hydrogen-bond donors (Lipinski definition) is 2. The predicted molar refractivity (Wildman–Crippen MR) is 212 cm³/mol. The highest BCUT2D eigenvalue weighted by Gasteiger charge is 2.78. The van der Waals surface area contributed by atoms with Gasteiger partial charge in [0.1, 0.15) is 30.2 Å². The molecule has 2 saturated carbocycles. The molecule has 56 heavy (non-hydrogen) atoms. The van der Waals surface area contributed by atoms with E-state index in [0.29, 0.717) is 19.1 Å². The zero-order valence-electron chi connectivity index (χ0n) is 33.8. The fourth-order valence-corrected chi connectivity index (χ4v) is 11.6. The van der Waals surface area contributed by atoms with E-state index in [1.807, 2.05) is 0 Å². The van der Waals surface area contributed by atoms with Crippen molar-refractivity contribution in [3.8, 4) is 0 Å². The van der Waals surface area contributed by atoms with Gasteiger partial charge in [-0.2, -0.15) is 0 Å². The van der Waals surface area contributed by atoms with Crippen molar-refractivity contribution in [1.29, 1.82) is 0 Å². The van der Waals surface area contributed by atoms with Crippen LogP contribution in [0.2, 0.25) is 18.1 Å². The lowest BCUT2D eigenvalue weighted by atomic mass is 9.45. The number of Topliss-reactive ketones (excluding diaryl/α,β-unsaturated/α-hetero) is 2. The lowest BCUT2D eigenvalue weighted by Crippen LogP contribution is -2.78. The number of methoxy groups -OCH3 is 1. The summed E-state index contributed by atoms with van der Waals surface area (Å²) in [5.41, 5.74) is -6.48. The number of esters is 2. The highest BCUT2D eigenvalue weighted by Crippen LogP contribution is 2.67. The summed E-state index contributed by atoms with van der Waals surface area (Å²) in [6, 6.07) is 8.22. The van der Waals surface area contributed by atoms with E-state index >= 15 is 4.79 Å². The molecule has 1 heterocycles. The molecule has 1 spiro atoms. The van der Waals surface area contributed by atoms with Crippen molar-refractivity contribution in [2.75, 3.05) is 20.3 Å². The molecular formula is C42H55BrO12Si. The normalized spacial score (nSPS) is 34.4. The van der Waals surface area contributed by atoms with Crippen LogP contribution in [0.5, 0.6) is 0 Å². The molecule has 1 aromatic rings. The first-order chi connectivity index (χ1) is 26.0. The third-order valence-corrected chi connectivity index (χ3v) is 18.7. The summed E-state index contributed by atoms with van der Waals surface area (Å²) in [4.78, 5) is 67.6. The van der Waals surface area contributed by atoms with Gasteiger partial charge in [0.15, 0.2) is 19.9 Å². The summed E-state index contributed by atoms with van der Waals surface area (Å²) in [6.07, 6.45) is -0.821. The number of benzene rings is 1. The molecule has 2 N–H and O–H groups in total. The van der Waals surface area contributed by atoms with Crippen molar-refractivity contribution in [1.82, 2.24) is 0 Å². The summed E-state index contributed by atoms with van der Waals surface area (Å²) in [6.45, 7) is 16.5. The number of carbonyl (C=O) groups excluding carboxylic acids is 5. The van der Waals surface area contributed by atoms with Gasteiger partial charge >= 0.3 is 11.9 Å². The summed E-state index contributed by atoms with van der Waals surface area (Å²) in [5.74, 6) is -4.80. The minimum absolute atomic E-state index is 0.141. The number of allylic oxidation sites excluding steroid dienone is 1. The van der Waals surface area contributed by atoms with Gasteiger partial charge in [-0.05, 0) is 74.7 Å². The maximum absolute atomic E-state index is 16.1. The average molecular weight is 860 g/mol. The van der Waals surface area contributed by atoms with E-state index in [1.165, 1.54) is 26.2 Å². The van der Waals surface area contributed by atoms with E-state index in [1.54, 1.807) is 51.1 Å². The molecule has 14 heteroatoms. The maximum atomic E-state index is 16.1. The molecule has 306 valence electrons. The maximum Gasteiger partial charge on any atom is 0.338 e. The first kappa shape index (κ1) is 44.0. The third-order valence-electron chi connectivity index (χ3n) is 13.3. The van der Waals surface area contributed by atoms with Gasteiger partial charge in [0.05, 0.1) is 43.0 Å². The van der Waals surface area contributed by atoms with Crippen LogP contribution in [-0.2, 0) is 42.6 Å². The second kappa shape index (κ2) is 15.6. The van der Waals surface area contributed by atoms with Crippen molar-refractivity contribution in [2.24, 2.45) is 22.7 Å². The monoisotopic (exact) mass is 858 g/mol. The standard InChI is InChI=1S/C42H55BrO12Si/c1-24(45)29-31(43)30-32(52-22-25(19-21-44)16-17-28(46)51-8)35(48)40(7)27(55-56(9,10)38(2,3)4)18-20-41(23-53-41)33(40)36(42(50,34(29)47)39(30,5)6)54-37(49)26-14-12-11-13-15-26/h11-17,19,21,27,30,32-34,36,47,50H,18,20,22-23H2,1-10H3/b17-16-,25-19+/t27-,30+,32+,33-,34+,36-,40+,41+,42+/m0/s1. The Morgan fingerprint density at radius 2 is 1.71 bits per heavy atom. The van der Waals surface area contributed by atoms with Crippen LogP contribution < -0.4 is 0 Å². The molecule has 0 amide bonds. The van der Waals surface area contributed by atoms with Crippen LogP contribution in [0.1, 0.15) is 71.7 Å². The van der Waals surface area contributed by atoms with Crippen LogP contribution in [0.4, 0.5) is 0 Å². The Bertz CT molecular complexity index is 1840. The number of ether oxygens (including phenoxy) is 4. The zero-order chi connectivity index (χ0) is 41.8. The molecule has 3 aliphatic carbocycles. The topological polar surface area (TPSA) is 175 Å². The number of halogens is 1. The fourth-order valence-electron chi connectivity index (χ4n) is 8.91. The molecule has 3 fully saturated rings. The Morgan fingerprint density at radius 3 is 2.25 bits per heavy atom. The van der Waals surface area contributed by atoms with E-state index in [0.717, 1.165) is 6.08 Å². The number of hydrogen-bond acceptors (Lipinski definition) is 12. The predicted octanol–water partition coefficient (Wildman–Crippen LogP) is 5.60. The van der Waals surface area contributed by atoms with Gasteiger partial charge in [0.2, 0.25) is 0 Å². The average Bonchev–Trinajstić information content (AvgIpc) is 3.90. The molecule has 5 rings (SSSR count). The molecule has 4 aliphatic rings. The van der Waals surface area contributed by atoms with E-state index < -0.39 is 90.1 Å². The number of ketones is 2. The Kier molecular flexibility index (Phi) is 12.2. The third kappa shape index (κ3) is 7.28. The van der Waals surface area contributed by atoms with Gasteiger partial charge in [-0.15, -0.1) is 0 Å². The van der Waals surface area contributed by atoms with Crippen molar-refractivity contribution in [3.05, 3.63) is 69.8 Å². The second-order valence-electron chi connectivity index (χ2n) is 17.8. The van der Waals surface area contributed by atoms with Crippen LogP contribution in [0.3, 0.4) is 0 Å². The van der Waals surface area contributed by atoms with Crippen molar-refractivity contribution in [3.63, 3.8) is 0 Å².